The molecule has 0 aliphatic carbocycles. The molecule has 1 unspecified atom stereocenters. The summed E-state index contributed by atoms with van der Waals surface area (Å²) in [5, 5.41) is 3.28. The number of hydrogen-bond acceptors (Lipinski definition) is 3. The first-order valence-corrected chi connectivity index (χ1v) is 11.0. The molecular formula is C20H25ClN2O3S. The van der Waals surface area contributed by atoms with Gasteiger partial charge in [-0.05, 0) is 43.0 Å². The average Bonchev–Trinajstić information content (AvgIpc) is 2.61. The smallest absolute Gasteiger partial charge is 0.243 e. The number of aryl methyl sites for hydroxylation is 1. The van der Waals surface area contributed by atoms with Crippen molar-refractivity contribution in [1.29, 1.82) is 0 Å². The highest BCUT2D eigenvalue weighted by Gasteiger charge is 2.32. The Hall–Kier alpha value is -2.05. The van der Waals surface area contributed by atoms with E-state index in [-0.39, 0.29) is 5.91 Å². The fourth-order valence-corrected chi connectivity index (χ4v) is 4.38. The van der Waals surface area contributed by atoms with E-state index in [1.807, 2.05) is 30.3 Å². The van der Waals surface area contributed by atoms with Crippen LogP contribution in [-0.2, 0) is 21.2 Å². The second-order valence-corrected chi connectivity index (χ2v) is 8.74. The minimum atomic E-state index is -3.68. The average molecular weight is 409 g/mol. The van der Waals surface area contributed by atoms with Crippen LogP contribution in [0.15, 0.2) is 48.5 Å². The SMILES string of the molecule is CCC(C(=O)NCCc1ccccc1)N(c1cc(Cl)ccc1C)S(C)(=O)=O. The number of benzene rings is 2. The molecule has 27 heavy (non-hydrogen) atoms. The number of carbonyl (C=O) groups excluding carboxylic acids is 1. The molecule has 0 aliphatic heterocycles. The van der Waals surface area contributed by atoms with Gasteiger partial charge in [-0.1, -0.05) is 54.9 Å². The molecule has 1 N–H and O–H groups in total. The van der Waals surface area contributed by atoms with Crippen LogP contribution in [0.4, 0.5) is 5.69 Å². The van der Waals surface area contributed by atoms with E-state index in [9.17, 15) is 13.2 Å². The molecule has 146 valence electrons. The van der Waals surface area contributed by atoms with Crippen molar-refractivity contribution in [2.24, 2.45) is 0 Å². The zero-order valence-electron chi connectivity index (χ0n) is 15.8. The molecule has 0 aliphatic rings. The van der Waals surface area contributed by atoms with Crippen LogP contribution >= 0.6 is 11.6 Å². The van der Waals surface area contributed by atoms with Gasteiger partial charge in [-0.2, -0.15) is 0 Å². The Labute approximate surface area is 166 Å². The number of sulfonamides is 1. The second kappa shape index (κ2) is 9.24. The monoisotopic (exact) mass is 408 g/mol. The number of nitrogens with one attached hydrogen (secondary N) is 1. The molecule has 0 heterocycles. The number of nitrogens with zero attached hydrogens (tertiary/aromatic N) is 1. The van der Waals surface area contributed by atoms with Gasteiger partial charge in [0.1, 0.15) is 6.04 Å². The first kappa shape index (κ1) is 21.3. The van der Waals surface area contributed by atoms with Gasteiger partial charge in [0.15, 0.2) is 0 Å². The molecule has 0 saturated heterocycles. The maximum absolute atomic E-state index is 12.8. The van der Waals surface area contributed by atoms with Crippen molar-refractivity contribution in [2.75, 3.05) is 17.1 Å². The number of halogens is 1. The first-order chi connectivity index (χ1) is 12.7. The third kappa shape index (κ3) is 5.71. The zero-order chi connectivity index (χ0) is 20.0. The Morgan fingerprint density at radius 3 is 2.44 bits per heavy atom. The normalized spacial score (nSPS) is 12.4. The largest absolute Gasteiger partial charge is 0.354 e. The predicted octanol–water partition coefficient (Wildman–Crippen LogP) is 3.55. The lowest BCUT2D eigenvalue weighted by Gasteiger charge is -2.31. The van der Waals surface area contributed by atoms with Crippen molar-refractivity contribution in [2.45, 2.75) is 32.7 Å². The number of carbonyl (C=O) groups is 1. The standard InChI is InChI=1S/C20H25ClN2O3S/c1-4-18(20(24)22-13-12-16-8-6-5-7-9-16)23(27(3,25)26)19-14-17(21)11-10-15(19)2/h5-11,14,18H,4,12-13H2,1-3H3,(H,22,24). The van der Waals surface area contributed by atoms with E-state index in [1.165, 1.54) is 4.31 Å². The summed E-state index contributed by atoms with van der Waals surface area (Å²) in [5.41, 5.74) is 2.27. The van der Waals surface area contributed by atoms with Crippen molar-refractivity contribution in [3.05, 3.63) is 64.7 Å². The topological polar surface area (TPSA) is 66.5 Å². The molecule has 1 atom stereocenters. The Balaban J connectivity index is 2.22. The Kier molecular flexibility index (Phi) is 7.27. The van der Waals surface area contributed by atoms with Gasteiger partial charge >= 0.3 is 0 Å². The Bertz CT molecular complexity index is 885. The van der Waals surface area contributed by atoms with Crippen LogP contribution in [0.2, 0.25) is 5.02 Å². The quantitative estimate of drug-likeness (QED) is 0.726. The minimum absolute atomic E-state index is 0.321. The fourth-order valence-electron chi connectivity index (χ4n) is 2.95. The molecular weight excluding hydrogens is 384 g/mol. The van der Waals surface area contributed by atoms with E-state index >= 15 is 0 Å². The second-order valence-electron chi connectivity index (χ2n) is 6.44. The van der Waals surface area contributed by atoms with Crippen molar-refractivity contribution in [3.8, 4) is 0 Å². The number of amides is 1. The first-order valence-electron chi connectivity index (χ1n) is 8.81. The van der Waals surface area contributed by atoms with Crippen molar-refractivity contribution in [1.82, 2.24) is 5.32 Å². The fraction of sp³-hybridized carbons (Fsp3) is 0.350. The van der Waals surface area contributed by atoms with E-state index in [0.717, 1.165) is 17.4 Å². The summed E-state index contributed by atoms with van der Waals surface area (Å²) in [5.74, 6) is -0.321. The van der Waals surface area contributed by atoms with Crippen molar-refractivity contribution >= 4 is 33.2 Å². The minimum Gasteiger partial charge on any atom is -0.354 e. The molecule has 5 nitrogen and oxygen atoms in total. The van der Waals surface area contributed by atoms with Gasteiger partial charge in [-0.15, -0.1) is 0 Å². The van der Waals surface area contributed by atoms with Crippen molar-refractivity contribution < 1.29 is 13.2 Å². The highest BCUT2D eigenvalue weighted by molar-refractivity contribution is 7.92. The van der Waals surface area contributed by atoms with Crippen molar-refractivity contribution in [3.63, 3.8) is 0 Å². The maximum Gasteiger partial charge on any atom is 0.243 e. The van der Waals surface area contributed by atoms with Crippen LogP contribution in [0.1, 0.15) is 24.5 Å². The highest BCUT2D eigenvalue weighted by Crippen LogP contribution is 2.29. The molecule has 2 aromatic carbocycles. The molecule has 2 rings (SSSR count). The summed E-state index contributed by atoms with van der Waals surface area (Å²) >= 11 is 6.07. The summed E-state index contributed by atoms with van der Waals surface area (Å²) in [6.45, 7) is 4.02. The summed E-state index contributed by atoms with van der Waals surface area (Å²) < 4.78 is 26.2. The number of rotatable bonds is 8. The predicted molar refractivity (Wildman–Crippen MR) is 111 cm³/mol. The summed E-state index contributed by atoms with van der Waals surface area (Å²) in [6.07, 6.45) is 2.13. The van der Waals surface area contributed by atoms with E-state index in [1.54, 1.807) is 32.0 Å². The third-order valence-electron chi connectivity index (χ3n) is 4.29. The Morgan fingerprint density at radius 2 is 1.85 bits per heavy atom. The van der Waals surface area contributed by atoms with Gasteiger partial charge in [-0.3, -0.25) is 9.10 Å². The number of hydrogen-bond donors (Lipinski definition) is 1. The zero-order valence-corrected chi connectivity index (χ0v) is 17.3. The molecule has 0 spiro atoms. The lowest BCUT2D eigenvalue weighted by atomic mass is 10.1. The Morgan fingerprint density at radius 1 is 1.19 bits per heavy atom. The molecule has 0 fully saturated rings. The molecule has 7 heteroatoms. The molecule has 1 amide bonds. The molecule has 0 bridgehead atoms. The van der Waals surface area contributed by atoms with Gasteiger partial charge in [0.2, 0.25) is 15.9 Å². The third-order valence-corrected chi connectivity index (χ3v) is 5.69. The van der Waals surface area contributed by atoms with E-state index in [0.29, 0.717) is 30.1 Å². The van der Waals surface area contributed by atoms with E-state index in [2.05, 4.69) is 5.32 Å². The molecule has 0 radical (unpaired) electrons. The van der Waals surface area contributed by atoms with Crippen LogP contribution < -0.4 is 9.62 Å². The van der Waals surface area contributed by atoms with E-state index < -0.39 is 16.1 Å². The summed E-state index contributed by atoms with van der Waals surface area (Å²) in [7, 11) is -3.68. The summed E-state index contributed by atoms with van der Waals surface area (Å²) in [6, 6.07) is 14.0. The van der Waals surface area contributed by atoms with Crippen LogP contribution in [0.5, 0.6) is 0 Å². The van der Waals surface area contributed by atoms with E-state index in [4.69, 9.17) is 11.6 Å². The lowest BCUT2D eigenvalue weighted by molar-refractivity contribution is -0.122. The molecule has 2 aromatic rings. The lowest BCUT2D eigenvalue weighted by Crippen LogP contribution is -2.49. The highest BCUT2D eigenvalue weighted by atomic mass is 35.5. The van der Waals surface area contributed by atoms with Crippen LogP contribution in [0.3, 0.4) is 0 Å². The maximum atomic E-state index is 12.8. The van der Waals surface area contributed by atoms with Crippen LogP contribution in [-0.4, -0.2) is 33.2 Å². The molecule has 0 saturated carbocycles. The van der Waals surface area contributed by atoms with Gasteiger partial charge < -0.3 is 5.32 Å². The van der Waals surface area contributed by atoms with Crippen LogP contribution in [0, 0.1) is 6.92 Å². The van der Waals surface area contributed by atoms with Gasteiger partial charge in [0.05, 0.1) is 11.9 Å². The summed E-state index contributed by atoms with van der Waals surface area (Å²) in [4.78, 5) is 12.8. The van der Waals surface area contributed by atoms with Gasteiger partial charge in [0, 0.05) is 11.6 Å². The number of anilines is 1. The molecule has 0 aromatic heterocycles. The van der Waals surface area contributed by atoms with Gasteiger partial charge in [-0.25, -0.2) is 8.42 Å². The van der Waals surface area contributed by atoms with Crippen LogP contribution in [0.25, 0.3) is 0 Å². The van der Waals surface area contributed by atoms with Gasteiger partial charge in [0.25, 0.3) is 0 Å².